The first-order valence-corrected chi connectivity index (χ1v) is 7.37. The number of rotatable bonds is 2. The zero-order valence-corrected chi connectivity index (χ0v) is 13.0. The minimum atomic E-state index is -0.0984. The van der Waals surface area contributed by atoms with Crippen LogP contribution < -0.4 is 5.01 Å². The van der Waals surface area contributed by atoms with Gasteiger partial charge in [-0.2, -0.15) is 10.1 Å². The fraction of sp³-hybridized carbons (Fsp3) is 0.0588. The van der Waals surface area contributed by atoms with Crippen molar-refractivity contribution >= 4 is 39.3 Å². The lowest BCUT2D eigenvalue weighted by molar-refractivity contribution is -0.114. The lowest BCUT2D eigenvalue weighted by Gasteiger charge is -2.11. The summed E-state index contributed by atoms with van der Waals surface area (Å²) in [5, 5.41) is 5.80. The monoisotopic (exact) mass is 340 g/mol. The fourth-order valence-electron chi connectivity index (χ4n) is 2.19. The molecule has 1 aliphatic rings. The van der Waals surface area contributed by atoms with Crippen LogP contribution in [0.25, 0.3) is 6.08 Å². The van der Waals surface area contributed by atoms with E-state index in [0.29, 0.717) is 5.57 Å². The van der Waals surface area contributed by atoms with Crippen LogP contribution in [0.5, 0.6) is 0 Å². The van der Waals surface area contributed by atoms with Gasteiger partial charge in [-0.05, 0) is 42.8 Å². The van der Waals surface area contributed by atoms with Gasteiger partial charge in [-0.1, -0.05) is 46.3 Å². The number of benzene rings is 2. The molecule has 0 saturated carbocycles. The van der Waals surface area contributed by atoms with Crippen molar-refractivity contribution in [1.29, 1.82) is 0 Å². The molecule has 4 heteroatoms. The number of nitrogens with zero attached hydrogens (tertiary/aromatic N) is 2. The van der Waals surface area contributed by atoms with Gasteiger partial charge in [0.1, 0.15) is 0 Å². The first-order chi connectivity index (χ1) is 10.1. The Bertz CT molecular complexity index is 750. The Morgan fingerprint density at radius 1 is 1.10 bits per heavy atom. The van der Waals surface area contributed by atoms with Crippen LogP contribution in [0.3, 0.4) is 0 Å². The summed E-state index contributed by atoms with van der Waals surface area (Å²) in [7, 11) is 0. The lowest BCUT2D eigenvalue weighted by Crippen LogP contribution is -2.21. The molecule has 1 heterocycles. The topological polar surface area (TPSA) is 32.7 Å². The van der Waals surface area contributed by atoms with E-state index < -0.39 is 0 Å². The van der Waals surface area contributed by atoms with Crippen molar-refractivity contribution in [2.45, 2.75) is 6.92 Å². The molecule has 0 fully saturated rings. The van der Waals surface area contributed by atoms with E-state index in [0.717, 1.165) is 21.4 Å². The highest BCUT2D eigenvalue weighted by Gasteiger charge is 2.28. The molecule has 3 rings (SSSR count). The molecule has 0 spiro atoms. The number of para-hydroxylation sites is 1. The van der Waals surface area contributed by atoms with E-state index in [1.54, 1.807) is 0 Å². The van der Waals surface area contributed by atoms with Crippen molar-refractivity contribution in [3.8, 4) is 0 Å². The SMILES string of the molecule is CC1=NN(c2ccccc2)C(=O)/C1=C\c1cccc(Br)c1. The summed E-state index contributed by atoms with van der Waals surface area (Å²) in [5.41, 5.74) is 3.09. The molecule has 1 aliphatic heterocycles. The Kier molecular flexibility index (Phi) is 3.71. The third kappa shape index (κ3) is 2.81. The van der Waals surface area contributed by atoms with Crippen LogP contribution in [0.1, 0.15) is 12.5 Å². The molecule has 0 saturated heterocycles. The summed E-state index contributed by atoms with van der Waals surface area (Å²) >= 11 is 3.44. The summed E-state index contributed by atoms with van der Waals surface area (Å²) in [5.74, 6) is -0.0984. The standard InChI is InChI=1S/C17H13BrN2O/c1-12-16(11-13-6-5-7-14(18)10-13)17(21)20(19-12)15-8-3-2-4-9-15/h2-11H,1H3/b16-11-. The zero-order valence-electron chi connectivity index (χ0n) is 11.5. The second-order valence-corrected chi connectivity index (χ2v) is 5.67. The second-order valence-electron chi connectivity index (χ2n) is 4.75. The molecule has 0 bridgehead atoms. The summed E-state index contributed by atoms with van der Waals surface area (Å²) < 4.78 is 0.983. The Morgan fingerprint density at radius 2 is 1.86 bits per heavy atom. The van der Waals surface area contributed by atoms with E-state index in [4.69, 9.17) is 0 Å². The van der Waals surface area contributed by atoms with Crippen LogP contribution >= 0.6 is 15.9 Å². The molecule has 0 aromatic heterocycles. The van der Waals surface area contributed by atoms with Crippen molar-refractivity contribution in [2.24, 2.45) is 5.10 Å². The molecular weight excluding hydrogens is 328 g/mol. The minimum absolute atomic E-state index is 0.0984. The maximum atomic E-state index is 12.5. The van der Waals surface area contributed by atoms with Crippen LogP contribution in [0, 0.1) is 0 Å². The normalized spacial score (nSPS) is 16.5. The van der Waals surface area contributed by atoms with Crippen LogP contribution in [-0.4, -0.2) is 11.6 Å². The van der Waals surface area contributed by atoms with Crippen LogP contribution in [0.15, 0.2) is 69.7 Å². The van der Waals surface area contributed by atoms with E-state index in [1.807, 2.05) is 67.6 Å². The average Bonchev–Trinajstić information content (AvgIpc) is 2.76. The molecule has 0 atom stereocenters. The zero-order chi connectivity index (χ0) is 14.8. The fourth-order valence-corrected chi connectivity index (χ4v) is 2.61. The van der Waals surface area contributed by atoms with Gasteiger partial charge in [0.15, 0.2) is 0 Å². The largest absolute Gasteiger partial charge is 0.280 e. The van der Waals surface area contributed by atoms with Gasteiger partial charge < -0.3 is 0 Å². The van der Waals surface area contributed by atoms with Gasteiger partial charge in [0, 0.05) is 4.47 Å². The van der Waals surface area contributed by atoms with Crippen molar-refractivity contribution in [3.05, 3.63) is 70.2 Å². The van der Waals surface area contributed by atoms with E-state index in [2.05, 4.69) is 21.0 Å². The molecule has 104 valence electrons. The molecule has 2 aromatic carbocycles. The highest BCUT2D eigenvalue weighted by atomic mass is 79.9. The number of carbonyl (C=O) groups excluding carboxylic acids is 1. The van der Waals surface area contributed by atoms with E-state index in [-0.39, 0.29) is 5.91 Å². The Morgan fingerprint density at radius 3 is 2.57 bits per heavy atom. The molecule has 0 aliphatic carbocycles. The maximum Gasteiger partial charge on any atom is 0.280 e. The number of hydrogen-bond donors (Lipinski definition) is 0. The first-order valence-electron chi connectivity index (χ1n) is 6.57. The van der Waals surface area contributed by atoms with E-state index >= 15 is 0 Å². The van der Waals surface area contributed by atoms with Gasteiger partial charge >= 0.3 is 0 Å². The highest BCUT2D eigenvalue weighted by molar-refractivity contribution is 9.10. The van der Waals surface area contributed by atoms with Crippen molar-refractivity contribution in [1.82, 2.24) is 0 Å². The van der Waals surface area contributed by atoms with Gasteiger partial charge in [-0.15, -0.1) is 0 Å². The number of amides is 1. The summed E-state index contributed by atoms with van der Waals surface area (Å²) in [6.45, 7) is 1.85. The minimum Gasteiger partial charge on any atom is -0.267 e. The van der Waals surface area contributed by atoms with Gasteiger partial charge in [0.2, 0.25) is 0 Å². The quantitative estimate of drug-likeness (QED) is 0.752. The molecule has 1 amide bonds. The third-order valence-corrected chi connectivity index (χ3v) is 3.72. The molecule has 0 unspecified atom stereocenters. The average molecular weight is 341 g/mol. The highest BCUT2D eigenvalue weighted by Crippen LogP contribution is 2.25. The predicted octanol–water partition coefficient (Wildman–Crippen LogP) is 4.26. The molecule has 21 heavy (non-hydrogen) atoms. The Labute approximate surface area is 131 Å². The van der Waals surface area contributed by atoms with Crippen LogP contribution in [-0.2, 0) is 4.79 Å². The van der Waals surface area contributed by atoms with Crippen LogP contribution in [0.2, 0.25) is 0 Å². The van der Waals surface area contributed by atoms with Crippen molar-refractivity contribution < 1.29 is 4.79 Å². The predicted molar refractivity (Wildman–Crippen MR) is 89.2 cm³/mol. The van der Waals surface area contributed by atoms with E-state index in [1.165, 1.54) is 5.01 Å². The lowest BCUT2D eigenvalue weighted by atomic mass is 10.1. The van der Waals surface area contributed by atoms with Gasteiger partial charge in [0.25, 0.3) is 5.91 Å². The number of anilines is 1. The van der Waals surface area contributed by atoms with Crippen LogP contribution in [0.4, 0.5) is 5.69 Å². The van der Waals surface area contributed by atoms with E-state index in [9.17, 15) is 4.79 Å². The molecule has 0 N–H and O–H groups in total. The Balaban J connectivity index is 1.96. The van der Waals surface area contributed by atoms with Crippen molar-refractivity contribution in [2.75, 3.05) is 5.01 Å². The summed E-state index contributed by atoms with van der Waals surface area (Å²) in [4.78, 5) is 12.5. The molecular formula is C17H13BrN2O. The van der Waals surface area contributed by atoms with Crippen molar-refractivity contribution in [3.63, 3.8) is 0 Å². The second kappa shape index (κ2) is 5.66. The molecule has 0 radical (unpaired) electrons. The van der Waals surface area contributed by atoms with Gasteiger partial charge in [-0.25, -0.2) is 0 Å². The van der Waals surface area contributed by atoms with Gasteiger partial charge in [0.05, 0.1) is 17.0 Å². The third-order valence-electron chi connectivity index (χ3n) is 3.22. The summed E-state index contributed by atoms with van der Waals surface area (Å²) in [6.07, 6.45) is 1.87. The number of halogens is 1. The smallest absolute Gasteiger partial charge is 0.267 e. The molecule has 2 aromatic rings. The number of hydrazone groups is 1. The Hall–Kier alpha value is -2.20. The first kappa shape index (κ1) is 13.8. The number of hydrogen-bond acceptors (Lipinski definition) is 2. The number of carbonyl (C=O) groups is 1. The maximum absolute atomic E-state index is 12.5. The molecule has 3 nitrogen and oxygen atoms in total. The summed E-state index contributed by atoms with van der Waals surface area (Å²) in [6, 6.07) is 17.3. The van der Waals surface area contributed by atoms with Gasteiger partial charge in [-0.3, -0.25) is 4.79 Å².